The minimum Gasteiger partial charge on any atom is -0.384 e. The summed E-state index contributed by atoms with van der Waals surface area (Å²) in [4.78, 5) is 6.86. The van der Waals surface area contributed by atoms with Gasteiger partial charge < -0.3 is 10.6 Å². The molecule has 0 spiro atoms. The molecule has 2 aliphatic rings. The van der Waals surface area contributed by atoms with E-state index in [1.807, 2.05) is 12.1 Å². The number of hydrogen-bond donors (Lipinski definition) is 1. The third-order valence-corrected chi connectivity index (χ3v) is 4.37. The molecule has 0 radical (unpaired) electrons. The number of rotatable bonds is 1. The third-order valence-electron chi connectivity index (χ3n) is 4.37. The number of anilines is 2. The van der Waals surface area contributed by atoms with E-state index in [2.05, 4.69) is 16.0 Å². The van der Waals surface area contributed by atoms with E-state index in [-0.39, 0.29) is 0 Å². The van der Waals surface area contributed by atoms with E-state index < -0.39 is 0 Å². The first-order valence-electron chi connectivity index (χ1n) is 6.80. The van der Waals surface area contributed by atoms with Gasteiger partial charge in [-0.2, -0.15) is 0 Å². The second-order valence-electron chi connectivity index (χ2n) is 5.46. The van der Waals surface area contributed by atoms with Crippen LogP contribution >= 0.6 is 0 Å². The molecule has 3 heteroatoms. The van der Waals surface area contributed by atoms with Gasteiger partial charge >= 0.3 is 0 Å². The average Bonchev–Trinajstić information content (AvgIpc) is 2.38. The van der Waals surface area contributed by atoms with Crippen molar-refractivity contribution in [1.82, 2.24) is 4.98 Å². The number of piperidine rings is 1. The summed E-state index contributed by atoms with van der Waals surface area (Å²) in [6.45, 7) is 2.33. The quantitative estimate of drug-likeness (QED) is 0.808. The lowest BCUT2D eigenvalue weighted by molar-refractivity contribution is 0.202. The maximum atomic E-state index is 5.76. The first-order valence-corrected chi connectivity index (χ1v) is 6.80. The van der Waals surface area contributed by atoms with Crippen molar-refractivity contribution >= 4 is 11.6 Å². The Morgan fingerprint density at radius 1 is 1.12 bits per heavy atom. The number of fused-ring (bicyclic) bond motifs is 1. The molecule has 3 rings (SSSR count). The molecule has 1 saturated heterocycles. The minimum absolute atomic E-state index is 0.633. The Hall–Kier alpha value is -1.25. The molecular weight excluding hydrogens is 210 g/mol. The van der Waals surface area contributed by atoms with Crippen molar-refractivity contribution in [3.05, 3.63) is 18.2 Å². The Labute approximate surface area is 103 Å². The summed E-state index contributed by atoms with van der Waals surface area (Å²) in [6.07, 6.45) is 7.05. The molecule has 1 aromatic rings. The van der Waals surface area contributed by atoms with Crippen LogP contribution in [0.5, 0.6) is 0 Å². The van der Waals surface area contributed by atoms with Crippen LogP contribution in [0.3, 0.4) is 0 Å². The van der Waals surface area contributed by atoms with Crippen LogP contribution in [0.25, 0.3) is 0 Å². The van der Waals surface area contributed by atoms with Crippen molar-refractivity contribution in [2.45, 2.75) is 32.1 Å². The predicted octanol–water partition coefficient (Wildman–Crippen LogP) is 2.68. The van der Waals surface area contributed by atoms with E-state index in [9.17, 15) is 0 Å². The molecule has 0 bridgehead atoms. The summed E-state index contributed by atoms with van der Waals surface area (Å²) in [5, 5.41) is 0. The van der Waals surface area contributed by atoms with Gasteiger partial charge in [0.1, 0.15) is 11.6 Å². The fourth-order valence-corrected chi connectivity index (χ4v) is 3.42. The van der Waals surface area contributed by atoms with Crippen LogP contribution in [-0.4, -0.2) is 18.1 Å². The monoisotopic (exact) mass is 231 g/mol. The SMILES string of the molecule is Nc1cccc(N2CCC3CCCCC3C2)n1. The summed E-state index contributed by atoms with van der Waals surface area (Å²) >= 11 is 0. The van der Waals surface area contributed by atoms with Crippen molar-refractivity contribution in [3.63, 3.8) is 0 Å². The van der Waals surface area contributed by atoms with Crippen LogP contribution < -0.4 is 10.6 Å². The lowest BCUT2D eigenvalue weighted by Crippen LogP contribution is -2.42. The fraction of sp³-hybridized carbons (Fsp3) is 0.643. The van der Waals surface area contributed by atoms with Crippen LogP contribution in [0, 0.1) is 11.8 Å². The number of nitrogens with zero attached hydrogens (tertiary/aromatic N) is 2. The van der Waals surface area contributed by atoms with Crippen LogP contribution in [0.1, 0.15) is 32.1 Å². The zero-order valence-electron chi connectivity index (χ0n) is 10.3. The average molecular weight is 231 g/mol. The third kappa shape index (κ3) is 2.24. The van der Waals surface area contributed by atoms with Gasteiger partial charge in [0.2, 0.25) is 0 Å². The Morgan fingerprint density at radius 3 is 2.76 bits per heavy atom. The van der Waals surface area contributed by atoms with Gasteiger partial charge in [-0.25, -0.2) is 4.98 Å². The molecule has 1 saturated carbocycles. The Kier molecular flexibility index (Phi) is 2.91. The highest BCUT2D eigenvalue weighted by Crippen LogP contribution is 2.37. The van der Waals surface area contributed by atoms with Gasteiger partial charge in [-0.1, -0.05) is 25.3 Å². The van der Waals surface area contributed by atoms with E-state index in [0.717, 1.165) is 24.2 Å². The number of nitrogens with two attached hydrogens (primary N) is 1. The lowest BCUT2D eigenvalue weighted by atomic mass is 9.75. The van der Waals surface area contributed by atoms with Crippen molar-refractivity contribution in [2.75, 3.05) is 23.7 Å². The molecule has 2 unspecified atom stereocenters. The number of aromatic nitrogens is 1. The number of nitrogen functional groups attached to an aromatic ring is 1. The standard InChI is InChI=1S/C14H21N3/c15-13-6-3-7-14(16-13)17-9-8-11-4-1-2-5-12(11)10-17/h3,6-7,11-12H,1-2,4-5,8-10H2,(H2,15,16). The molecule has 92 valence electrons. The van der Waals surface area contributed by atoms with Gasteiger partial charge in [0, 0.05) is 13.1 Å². The maximum absolute atomic E-state index is 5.76. The van der Waals surface area contributed by atoms with Crippen molar-refractivity contribution in [2.24, 2.45) is 11.8 Å². The van der Waals surface area contributed by atoms with Gasteiger partial charge in [-0.05, 0) is 36.8 Å². The Balaban J connectivity index is 1.73. The zero-order valence-corrected chi connectivity index (χ0v) is 10.3. The molecule has 2 heterocycles. The highest BCUT2D eigenvalue weighted by atomic mass is 15.2. The van der Waals surface area contributed by atoms with E-state index in [0.29, 0.717) is 5.82 Å². The number of hydrogen-bond acceptors (Lipinski definition) is 3. The lowest BCUT2D eigenvalue weighted by Gasteiger charge is -2.41. The molecule has 2 fully saturated rings. The second-order valence-corrected chi connectivity index (χ2v) is 5.46. The zero-order chi connectivity index (χ0) is 11.7. The first-order chi connectivity index (χ1) is 8.33. The topological polar surface area (TPSA) is 42.1 Å². The molecule has 2 N–H and O–H groups in total. The van der Waals surface area contributed by atoms with E-state index >= 15 is 0 Å². The molecular formula is C14H21N3. The highest BCUT2D eigenvalue weighted by Gasteiger charge is 2.31. The minimum atomic E-state index is 0.633. The first kappa shape index (κ1) is 10.9. The largest absolute Gasteiger partial charge is 0.384 e. The van der Waals surface area contributed by atoms with Crippen LogP contribution in [0.4, 0.5) is 11.6 Å². The highest BCUT2D eigenvalue weighted by molar-refractivity contribution is 5.45. The molecule has 1 aliphatic carbocycles. The van der Waals surface area contributed by atoms with Gasteiger partial charge in [0.05, 0.1) is 0 Å². The summed E-state index contributed by atoms with van der Waals surface area (Å²) in [5.74, 6) is 3.56. The molecule has 17 heavy (non-hydrogen) atoms. The molecule has 0 aromatic carbocycles. The fourth-order valence-electron chi connectivity index (χ4n) is 3.42. The smallest absolute Gasteiger partial charge is 0.130 e. The van der Waals surface area contributed by atoms with E-state index in [4.69, 9.17) is 5.73 Å². The van der Waals surface area contributed by atoms with Gasteiger partial charge in [0.15, 0.2) is 0 Å². The molecule has 1 aromatic heterocycles. The van der Waals surface area contributed by atoms with Crippen molar-refractivity contribution in [1.29, 1.82) is 0 Å². The van der Waals surface area contributed by atoms with Crippen LogP contribution in [0.2, 0.25) is 0 Å². The summed E-state index contributed by atoms with van der Waals surface area (Å²) in [6, 6.07) is 5.95. The molecule has 0 amide bonds. The number of pyridine rings is 1. The summed E-state index contributed by atoms with van der Waals surface area (Å²) in [7, 11) is 0. The van der Waals surface area contributed by atoms with E-state index in [1.165, 1.54) is 38.6 Å². The predicted molar refractivity (Wildman–Crippen MR) is 70.9 cm³/mol. The summed E-state index contributed by atoms with van der Waals surface area (Å²) < 4.78 is 0. The van der Waals surface area contributed by atoms with Crippen molar-refractivity contribution in [3.8, 4) is 0 Å². The molecule has 1 aliphatic heterocycles. The van der Waals surface area contributed by atoms with Gasteiger partial charge in [-0.3, -0.25) is 0 Å². The Bertz CT molecular complexity index is 391. The van der Waals surface area contributed by atoms with Crippen LogP contribution in [0.15, 0.2) is 18.2 Å². The molecule has 3 nitrogen and oxygen atoms in total. The van der Waals surface area contributed by atoms with E-state index in [1.54, 1.807) is 0 Å². The Morgan fingerprint density at radius 2 is 1.94 bits per heavy atom. The summed E-state index contributed by atoms with van der Waals surface area (Å²) in [5.41, 5.74) is 5.76. The van der Waals surface area contributed by atoms with Crippen molar-refractivity contribution < 1.29 is 0 Å². The molecule has 2 atom stereocenters. The normalized spacial score (nSPS) is 28.8. The second kappa shape index (κ2) is 4.55. The maximum Gasteiger partial charge on any atom is 0.130 e. The van der Waals surface area contributed by atoms with Gasteiger partial charge in [0.25, 0.3) is 0 Å². The van der Waals surface area contributed by atoms with Gasteiger partial charge in [-0.15, -0.1) is 0 Å². The van der Waals surface area contributed by atoms with Crippen LogP contribution in [-0.2, 0) is 0 Å².